The van der Waals surface area contributed by atoms with Crippen molar-refractivity contribution < 1.29 is 9.59 Å². The van der Waals surface area contributed by atoms with Gasteiger partial charge in [0, 0.05) is 30.1 Å². The fourth-order valence-electron chi connectivity index (χ4n) is 2.26. The normalized spacial score (nSPS) is 17.9. The molecule has 0 bridgehead atoms. The van der Waals surface area contributed by atoms with Gasteiger partial charge < -0.3 is 16.0 Å². The number of hydrogen-bond acceptors (Lipinski definition) is 2. The van der Waals surface area contributed by atoms with Crippen LogP contribution in [0.1, 0.15) is 42.6 Å². The largest absolute Gasteiger partial charge is 0.351 e. The highest BCUT2D eigenvalue weighted by atomic mass is 16.2. The molecule has 0 aromatic heterocycles. The van der Waals surface area contributed by atoms with Crippen molar-refractivity contribution in [2.45, 2.75) is 32.2 Å². The Kier molecular flexibility index (Phi) is 3.97. The maximum Gasteiger partial charge on any atom is 0.315 e. The van der Waals surface area contributed by atoms with Crippen molar-refractivity contribution in [1.29, 1.82) is 0 Å². The van der Waals surface area contributed by atoms with Crippen LogP contribution < -0.4 is 16.0 Å². The van der Waals surface area contributed by atoms with Crippen molar-refractivity contribution in [1.82, 2.24) is 16.0 Å². The Morgan fingerprint density at radius 2 is 2.05 bits per heavy atom. The second kappa shape index (κ2) is 5.53. The third-order valence-electron chi connectivity index (χ3n) is 3.15. The quantitative estimate of drug-likeness (QED) is 0.767. The van der Waals surface area contributed by atoms with Gasteiger partial charge in [0.05, 0.1) is 0 Å². The van der Waals surface area contributed by atoms with E-state index in [-0.39, 0.29) is 23.4 Å². The molecule has 3 amide bonds. The number of rotatable bonds is 2. The van der Waals surface area contributed by atoms with Crippen molar-refractivity contribution >= 4 is 11.9 Å². The zero-order valence-corrected chi connectivity index (χ0v) is 12.1. The first-order valence-corrected chi connectivity index (χ1v) is 6.80. The summed E-state index contributed by atoms with van der Waals surface area (Å²) < 4.78 is 0. The lowest BCUT2D eigenvalue weighted by Gasteiger charge is -2.27. The van der Waals surface area contributed by atoms with Gasteiger partial charge in [-0.15, -0.1) is 0 Å². The maximum atomic E-state index is 11.8. The number of benzene rings is 1. The third kappa shape index (κ3) is 3.50. The zero-order chi connectivity index (χ0) is 14.8. The molecule has 1 heterocycles. The van der Waals surface area contributed by atoms with Gasteiger partial charge in [-0.1, -0.05) is 18.2 Å². The molecule has 0 radical (unpaired) electrons. The average molecular weight is 275 g/mol. The maximum absolute atomic E-state index is 11.8. The smallest absolute Gasteiger partial charge is 0.315 e. The van der Waals surface area contributed by atoms with Crippen LogP contribution in [0.3, 0.4) is 0 Å². The monoisotopic (exact) mass is 275 g/mol. The molecule has 2 rings (SSSR count). The molecule has 1 atom stereocenters. The number of hydrogen-bond donors (Lipinski definition) is 3. The highest BCUT2D eigenvalue weighted by Gasteiger charge is 2.25. The average Bonchev–Trinajstić information content (AvgIpc) is 2.36. The van der Waals surface area contributed by atoms with Crippen molar-refractivity contribution in [2.75, 3.05) is 13.1 Å². The van der Waals surface area contributed by atoms with Gasteiger partial charge in [-0.25, -0.2) is 4.79 Å². The Labute approximate surface area is 119 Å². The van der Waals surface area contributed by atoms with E-state index in [1.165, 1.54) is 0 Å². The first kappa shape index (κ1) is 14.4. The summed E-state index contributed by atoms with van der Waals surface area (Å²) in [7, 11) is 0. The van der Waals surface area contributed by atoms with Gasteiger partial charge in [0.2, 0.25) is 0 Å². The fraction of sp³-hybridized carbons (Fsp3) is 0.467. The van der Waals surface area contributed by atoms with E-state index in [0.29, 0.717) is 18.7 Å². The number of carbonyl (C=O) groups excluding carboxylic acids is 2. The van der Waals surface area contributed by atoms with Gasteiger partial charge in [-0.3, -0.25) is 4.79 Å². The number of urea groups is 1. The lowest BCUT2D eigenvalue weighted by atomic mass is 9.90. The molecule has 0 aliphatic carbocycles. The minimum absolute atomic E-state index is 0.0454. The first-order chi connectivity index (χ1) is 9.37. The summed E-state index contributed by atoms with van der Waals surface area (Å²) in [4.78, 5) is 23.5. The molecule has 0 saturated heterocycles. The molecule has 1 aromatic carbocycles. The van der Waals surface area contributed by atoms with Crippen LogP contribution in [-0.2, 0) is 0 Å². The molecule has 1 aromatic rings. The molecule has 5 nitrogen and oxygen atoms in total. The van der Waals surface area contributed by atoms with Crippen LogP contribution >= 0.6 is 0 Å². The van der Waals surface area contributed by atoms with Crippen LogP contribution in [0.25, 0.3) is 0 Å². The molecule has 5 heteroatoms. The summed E-state index contributed by atoms with van der Waals surface area (Å²) >= 11 is 0. The van der Waals surface area contributed by atoms with Crippen molar-refractivity contribution in [3.05, 3.63) is 35.4 Å². The van der Waals surface area contributed by atoms with Crippen LogP contribution in [0.2, 0.25) is 0 Å². The van der Waals surface area contributed by atoms with Gasteiger partial charge in [-0.05, 0) is 32.4 Å². The number of carbonyl (C=O) groups is 2. The Hall–Kier alpha value is -2.04. The summed E-state index contributed by atoms with van der Waals surface area (Å²) in [6.07, 6.45) is 0. The van der Waals surface area contributed by atoms with E-state index in [1.54, 1.807) is 0 Å². The summed E-state index contributed by atoms with van der Waals surface area (Å²) in [6, 6.07) is 7.33. The van der Waals surface area contributed by atoms with E-state index in [4.69, 9.17) is 0 Å². The molecular weight excluding hydrogens is 254 g/mol. The number of fused-ring (bicyclic) bond motifs is 1. The summed E-state index contributed by atoms with van der Waals surface area (Å²) in [5.41, 5.74) is 1.43. The van der Waals surface area contributed by atoms with Crippen molar-refractivity contribution in [3.63, 3.8) is 0 Å². The molecule has 1 unspecified atom stereocenters. The Balaban J connectivity index is 2.00. The summed E-state index contributed by atoms with van der Waals surface area (Å²) in [6.45, 7) is 6.85. The second-order valence-corrected chi connectivity index (χ2v) is 6.08. The van der Waals surface area contributed by atoms with E-state index < -0.39 is 0 Å². The fourth-order valence-corrected chi connectivity index (χ4v) is 2.26. The topological polar surface area (TPSA) is 70.2 Å². The molecule has 1 aliphatic rings. The van der Waals surface area contributed by atoms with Crippen LogP contribution in [0.4, 0.5) is 4.79 Å². The molecule has 20 heavy (non-hydrogen) atoms. The van der Waals surface area contributed by atoms with E-state index in [0.717, 1.165) is 5.56 Å². The Morgan fingerprint density at radius 3 is 2.75 bits per heavy atom. The minimum atomic E-state index is -0.261. The summed E-state index contributed by atoms with van der Waals surface area (Å²) in [5, 5.41) is 8.57. The lowest BCUT2D eigenvalue weighted by Crippen LogP contribution is -2.48. The highest BCUT2D eigenvalue weighted by Crippen LogP contribution is 2.22. The third-order valence-corrected chi connectivity index (χ3v) is 3.15. The van der Waals surface area contributed by atoms with Gasteiger partial charge in [-0.2, -0.15) is 0 Å². The number of nitrogens with one attached hydrogen (secondary N) is 3. The molecule has 0 spiro atoms. The molecule has 108 valence electrons. The van der Waals surface area contributed by atoms with E-state index >= 15 is 0 Å². The molecule has 3 N–H and O–H groups in total. The van der Waals surface area contributed by atoms with E-state index in [1.807, 2.05) is 45.0 Å². The number of amides is 3. The van der Waals surface area contributed by atoms with Crippen LogP contribution in [0.5, 0.6) is 0 Å². The molecule has 0 saturated carbocycles. The Bertz CT molecular complexity index is 520. The standard InChI is InChI=1S/C15H21N3O2/c1-15(2,3)18-14(20)17-9-10-8-16-13(19)12-7-5-4-6-11(10)12/h4-7,10H,8-9H2,1-3H3,(H,16,19)(H2,17,18,20). The van der Waals surface area contributed by atoms with Gasteiger partial charge >= 0.3 is 6.03 Å². The second-order valence-electron chi connectivity index (χ2n) is 6.08. The van der Waals surface area contributed by atoms with Crippen LogP contribution in [-0.4, -0.2) is 30.6 Å². The predicted octanol–water partition coefficient (Wildman–Crippen LogP) is 1.61. The zero-order valence-electron chi connectivity index (χ0n) is 12.1. The van der Waals surface area contributed by atoms with Crippen molar-refractivity contribution in [3.8, 4) is 0 Å². The van der Waals surface area contributed by atoms with Gasteiger partial charge in [0.15, 0.2) is 0 Å². The van der Waals surface area contributed by atoms with E-state index in [2.05, 4.69) is 16.0 Å². The minimum Gasteiger partial charge on any atom is -0.351 e. The lowest BCUT2D eigenvalue weighted by molar-refractivity contribution is 0.0940. The Morgan fingerprint density at radius 1 is 1.35 bits per heavy atom. The first-order valence-electron chi connectivity index (χ1n) is 6.80. The van der Waals surface area contributed by atoms with Crippen molar-refractivity contribution in [2.24, 2.45) is 0 Å². The SMILES string of the molecule is CC(C)(C)NC(=O)NCC1CNC(=O)c2ccccc21. The summed E-state index contributed by atoms with van der Waals surface area (Å²) in [5.74, 6) is 0.0608. The van der Waals surface area contributed by atoms with Gasteiger partial charge in [0.1, 0.15) is 0 Å². The van der Waals surface area contributed by atoms with Gasteiger partial charge in [0.25, 0.3) is 5.91 Å². The highest BCUT2D eigenvalue weighted by molar-refractivity contribution is 5.97. The van der Waals surface area contributed by atoms with E-state index in [9.17, 15) is 9.59 Å². The molecule has 1 aliphatic heterocycles. The molecular formula is C15H21N3O2. The molecule has 0 fully saturated rings. The predicted molar refractivity (Wildman–Crippen MR) is 77.8 cm³/mol. The van der Waals surface area contributed by atoms with Crippen LogP contribution in [0, 0.1) is 0 Å². The van der Waals surface area contributed by atoms with Crippen LogP contribution in [0.15, 0.2) is 24.3 Å².